The zero-order valence-electron chi connectivity index (χ0n) is 8.29. The van der Waals surface area contributed by atoms with E-state index < -0.39 is 5.97 Å². The molecular weight excluding hydrogens is 204 g/mol. The molecule has 78 valence electrons. The number of nitrogens with zero attached hydrogens (tertiary/aromatic N) is 2. The lowest BCUT2D eigenvalue weighted by Gasteiger charge is -2.07. The largest absolute Gasteiger partial charge is 0.477 e. The van der Waals surface area contributed by atoms with Crippen molar-refractivity contribution in [1.29, 1.82) is 0 Å². The molecule has 0 saturated heterocycles. The van der Waals surface area contributed by atoms with Gasteiger partial charge in [0, 0.05) is 5.56 Å². The number of terminal acetylenes is 1. The molecule has 0 spiro atoms. The smallest absolute Gasteiger partial charge is 0.354 e. The van der Waals surface area contributed by atoms with Gasteiger partial charge in [-0.25, -0.2) is 9.78 Å². The molecule has 0 radical (unpaired) electrons. The molecule has 1 aromatic heterocycles. The standard InChI is InChI=1S/C12H8N2O2/c1-2-9-5-3-4-6-10(9)14-8-13-7-11(14)12(15)16/h1,3-8H,(H,15,16). The third-order valence-corrected chi connectivity index (χ3v) is 2.18. The molecule has 0 aliphatic rings. The summed E-state index contributed by atoms with van der Waals surface area (Å²) in [4.78, 5) is 14.8. The molecule has 0 atom stereocenters. The predicted octanol–water partition coefficient (Wildman–Crippen LogP) is 1.55. The average molecular weight is 212 g/mol. The Balaban J connectivity index is 2.64. The van der Waals surface area contributed by atoms with Gasteiger partial charge < -0.3 is 5.11 Å². The Bertz CT molecular complexity index is 579. The van der Waals surface area contributed by atoms with Gasteiger partial charge in [0.15, 0.2) is 5.69 Å². The van der Waals surface area contributed by atoms with Crippen LogP contribution in [0.15, 0.2) is 36.8 Å². The van der Waals surface area contributed by atoms with Crippen LogP contribution in [0.4, 0.5) is 0 Å². The lowest BCUT2D eigenvalue weighted by molar-refractivity contribution is 0.0688. The first kappa shape index (κ1) is 9.99. The van der Waals surface area contributed by atoms with E-state index in [2.05, 4.69) is 10.9 Å². The fourth-order valence-corrected chi connectivity index (χ4v) is 1.45. The number of carbonyl (C=O) groups is 1. The zero-order chi connectivity index (χ0) is 11.5. The highest BCUT2D eigenvalue weighted by Gasteiger charge is 2.12. The lowest BCUT2D eigenvalue weighted by atomic mass is 10.2. The maximum atomic E-state index is 10.9. The highest BCUT2D eigenvalue weighted by Crippen LogP contribution is 2.15. The molecule has 0 saturated carbocycles. The number of imidazole rings is 1. The van der Waals surface area contributed by atoms with Crippen LogP contribution in [0.25, 0.3) is 5.69 Å². The fourth-order valence-electron chi connectivity index (χ4n) is 1.45. The van der Waals surface area contributed by atoms with E-state index in [1.54, 1.807) is 24.3 Å². The summed E-state index contributed by atoms with van der Waals surface area (Å²) in [7, 11) is 0. The second-order valence-electron chi connectivity index (χ2n) is 3.12. The molecule has 2 aromatic rings. The molecule has 0 unspecified atom stereocenters. The van der Waals surface area contributed by atoms with E-state index in [-0.39, 0.29) is 5.69 Å². The van der Waals surface area contributed by atoms with E-state index in [1.807, 2.05) is 0 Å². The first-order valence-corrected chi connectivity index (χ1v) is 4.55. The van der Waals surface area contributed by atoms with E-state index in [4.69, 9.17) is 11.5 Å². The van der Waals surface area contributed by atoms with Gasteiger partial charge in [-0.3, -0.25) is 4.57 Å². The summed E-state index contributed by atoms with van der Waals surface area (Å²) in [6.07, 6.45) is 8.07. The van der Waals surface area contributed by atoms with Crippen molar-refractivity contribution in [2.24, 2.45) is 0 Å². The van der Waals surface area contributed by atoms with Crippen molar-refractivity contribution >= 4 is 5.97 Å². The topological polar surface area (TPSA) is 55.1 Å². The van der Waals surface area contributed by atoms with Crippen LogP contribution in [0.5, 0.6) is 0 Å². The van der Waals surface area contributed by atoms with Gasteiger partial charge in [-0.05, 0) is 12.1 Å². The Kier molecular flexibility index (Phi) is 2.44. The Morgan fingerprint density at radius 1 is 1.44 bits per heavy atom. The number of hydrogen-bond donors (Lipinski definition) is 1. The number of carboxylic acid groups (broad SMARTS) is 1. The normalized spacial score (nSPS) is 9.69. The fraction of sp³-hybridized carbons (Fsp3) is 0. The summed E-state index contributed by atoms with van der Waals surface area (Å²) in [5.41, 5.74) is 1.35. The van der Waals surface area contributed by atoms with Crippen molar-refractivity contribution in [3.8, 4) is 18.0 Å². The van der Waals surface area contributed by atoms with E-state index in [9.17, 15) is 4.79 Å². The molecule has 1 N–H and O–H groups in total. The van der Waals surface area contributed by atoms with E-state index >= 15 is 0 Å². The monoisotopic (exact) mass is 212 g/mol. The summed E-state index contributed by atoms with van der Waals surface area (Å²) >= 11 is 0. The number of carboxylic acids is 1. The lowest BCUT2D eigenvalue weighted by Crippen LogP contribution is -2.06. The minimum absolute atomic E-state index is 0.0858. The number of aromatic nitrogens is 2. The zero-order valence-corrected chi connectivity index (χ0v) is 8.29. The quantitative estimate of drug-likeness (QED) is 0.768. The van der Waals surface area contributed by atoms with Gasteiger partial charge in [0.1, 0.15) is 0 Å². The predicted molar refractivity (Wildman–Crippen MR) is 58.5 cm³/mol. The summed E-state index contributed by atoms with van der Waals surface area (Å²) in [6.45, 7) is 0. The van der Waals surface area contributed by atoms with Crippen LogP contribution in [0.1, 0.15) is 16.1 Å². The van der Waals surface area contributed by atoms with Crippen molar-refractivity contribution in [1.82, 2.24) is 9.55 Å². The van der Waals surface area contributed by atoms with Gasteiger partial charge in [-0.2, -0.15) is 0 Å². The first-order valence-electron chi connectivity index (χ1n) is 4.55. The molecule has 0 amide bonds. The van der Waals surface area contributed by atoms with Crippen LogP contribution >= 0.6 is 0 Å². The molecule has 0 fully saturated rings. The van der Waals surface area contributed by atoms with Crippen LogP contribution in [0.2, 0.25) is 0 Å². The Morgan fingerprint density at radius 3 is 2.88 bits per heavy atom. The average Bonchev–Trinajstić information content (AvgIpc) is 2.77. The number of rotatable bonds is 2. The molecule has 16 heavy (non-hydrogen) atoms. The van der Waals surface area contributed by atoms with Crippen LogP contribution in [-0.2, 0) is 0 Å². The number of benzene rings is 1. The van der Waals surface area contributed by atoms with Crippen LogP contribution in [-0.4, -0.2) is 20.6 Å². The van der Waals surface area contributed by atoms with Gasteiger partial charge in [0.2, 0.25) is 0 Å². The SMILES string of the molecule is C#Cc1ccccc1-n1cncc1C(=O)O. The van der Waals surface area contributed by atoms with Crippen LogP contribution in [0, 0.1) is 12.3 Å². The van der Waals surface area contributed by atoms with Gasteiger partial charge in [-0.1, -0.05) is 18.1 Å². The third-order valence-electron chi connectivity index (χ3n) is 2.18. The second kappa shape index (κ2) is 3.91. The molecule has 4 nitrogen and oxygen atoms in total. The molecule has 0 aliphatic heterocycles. The second-order valence-corrected chi connectivity index (χ2v) is 3.12. The highest BCUT2D eigenvalue weighted by molar-refractivity contribution is 5.86. The number of aromatic carboxylic acids is 1. The first-order chi connectivity index (χ1) is 7.74. The van der Waals surface area contributed by atoms with Crippen molar-refractivity contribution in [3.63, 3.8) is 0 Å². The molecule has 2 rings (SSSR count). The van der Waals surface area contributed by atoms with Gasteiger partial charge in [0.05, 0.1) is 18.2 Å². The minimum Gasteiger partial charge on any atom is -0.477 e. The molecule has 4 heteroatoms. The highest BCUT2D eigenvalue weighted by atomic mass is 16.4. The van der Waals surface area contributed by atoms with Crippen molar-refractivity contribution in [3.05, 3.63) is 48.0 Å². The molecule has 1 heterocycles. The maximum Gasteiger partial charge on any atom is 0.354 e. The Labute approximate surface area is 92.2 Å². The third kappa shape index (κ3) is 1.55. The van der Waals surface area contributed by atoms with Crippen molar-refractivity contribution < 1.29 is 9.90 Å². The molecule has 0 bridgehead atoms. The Hall–Kier alpha value is -2.54. The van der Waals surface area contributed by atoms with Crippen LogP contribution < -0.4 is 0 Å². The van der Waals surface area contributed by atoms with E-state index in [0.717, 1.165) is 0 Å². The van der Waals surface area contributed by atoms with Crippen molar-refractivity contribution in [2.45, 2.75) is 0 Å². The maximum absolute atomic E-state index is 10.9. The van der Waals surface area contributed by atoms with Gasteiger partial charge in [0.25, 0.3) is 0 Å². The van der Waals surface area contributed by atoms with Crippen LogP contribution in [0.3, 0.4) is 0 Å². The van der Waals surface area contributed by atoms with E-state index in [0.29, 0.717) is 11.3 Å². The van der Waals surface area contributed by atoms with Gasteiger partial charge >= 0.3 is 5.97 Å². The number of para-hydroxylation sites is 1. The molecule has 0 aliphatic carbocycles. The minimum atomic E-state index is -1.04. The summed E-state index contributed by atoms with van der Waals surface area (Å²) < 4.78 is 1.46. The molecular formula is C12H8N2O2. The summed E-state index contributed by atoms with van der Waals surface area (Å²) in [5.74, 6) is 1.47. The van der Waals surface area contributed by atoms with E-state index in [1.165, 1.54) is 17.1 Å². The van der Waals surface area contributed by atoms with Gasteiger partial charge in [-0.15, -0.1) is 6.42 Å². The van der Waals surface area contributed by atoms with Crippen molar-refractivity contribution in [2.75, 3.05) is 0 Å². The Morgan fingerprint density at radius 2 is 2.19 bits per heavy atom. The number of hydrogen-bond acceptors (Lipinski definition) is 2. The summed E-state index contributed by atoms with van der Waals surface area (Å²) in [5, 5.41) is 8.97. The molecule has 1 aromatic carbocycles. The summed E-state index contributed by atoms with van der Waals surface area (Å²) in [6, 6.07) is 7.10.